The summed E-state index contributed by atoms with van der Waals surface area (Å²) in [6.45, 7) is 0.330. The summed E-state index contributed by atoms with van der Waals surface area (Å²) in [5.74, 6) is 1.45. The summed E-state index contributed by atoms with van der Waals surface area (Å²) in [4.78, 5) is 14.8. The van der Waals surface area contributed by atoms with Crippen molar-refractivity contribution >= 4 is 17.4 Å². The standard InChI is InChI=1S/C13H15ClN4O/c1-18(2)13-5-4-9(7-15-13)10-6-11(14)17-12(16-10)8-19-3/h4-7H,8H2,1-3H3. The molecule has 0 aliphatic carbocycles. The summed E-state index contributed by atoms with van der Waals surface area (Å²) in [6, 6.07) is 5.60. The van der Waals surface area contributed by atoms with Gasteiger partial charge in [-0.05, 0) is 12.1 Å². The molecule has 0 amide bonds. The highest BCUT2D eigenvalue weighted by Gasteiger charge is 2.06. The van der Waals surface area contributed by atoms with Crippen LogP contribution in [0.3, 0.4) is 0 Å². The average Bonchev–Trinajstić information content (AvgIpc) is 2.38. The second kappa shape index (κ2) is 5.95. The molecule has 0 spiro atoms. The van der Waals surface area contributed by atoms with E-state index in [4.69, 9.17) is 16.3 Å². The zero-order valence-electron chi connectivity index (χ0n) is 11.1. The van der Waals surface area contributed by atoms with Crippen LogP contribution >= 0.6 is 11.6 Å². The molecule has 0 saturated heterocycles. The van der Waals surface area contributed by atoms with Crippen LogP contribution in [0, 0.1) is 0 Å². The average molecular weight is 279 g/mol. The van der Waals surface area contributed by atoms with Crippen molar-refractivity contribution in [1.82, 2.24) is 15.0 Å². The van der Waals surface area contributed by atoms with Gasteiger partial charge in [-0.2, -0.15) is 0 Å². The molecule has 0 atom stereocenters. The third-order valence-electron chi connectivity index (χ3n) is 2.52. The van der Waals surface area contributed by atoms with Gasteiger partial charge in [-0.3, -0.25) is 0 Å². The van der Waals surface area contributed by atoms with Crippen molar-refractivity contribution < 1.29 is 4.74 Å². The Morgan fingerprint density at radius 3 is 2.63 bits per heavy atom. The van der Waals surface area contributed by atoms with Crippen molar-refractivity contribution in [3.8, 4) is 11.3 Å². The van der Waals surface area contributed by atoms with Crippen LogP contribution in [0.2, 0.25) is 5.15 Å². The van der Waals surface area contributed by atoms with Gasteiger partial charge >= 0.3 is 0 Å². The predicted molar refractivity (Wildman–Crippen MR) is 75.3 cm³/mol. The molecular formula is C13H15ClN4O. The van der Waals surface area contributed by atoms with Crippen molar-refractivity contribution in [2.75, 3.05) is 26.1 Å². The lowest BCUT2D eigenvalue weighted by Crippen LogP contribution is -2.10. The van der Waals surface area contributed by atoms with E-state index >= 15 is 0 Å². The fraction of sp³-hybridized carbons (Fsp3) is 0.308. The number of rotatable bonds is 4. The normalized spacial score (nSPS) is 10.5. The van der Waals surface area contributed by atoms with Gasteiger partial charge in [0.1, 0.15) is 17.6 Å². The van der Waals surface area contributed by atoms with Gasteiger partial charge in [0.15, 0.2) is 5.82 Å². The Morgan fingerprint density at radius 2 is 2.05 bits per heavy atom. The quantitative estimate of drug-likeness (QED) is 0.804. The maximum absolute atomic E-state index is 5.98. The first-order chi connectivity index (χ1) is 9.10. The van der Waals surface area contributed by atoms with Gasteiger partial charge < -0.3 is 9.64 Å². The zero-order chi connectivity index (χ0) is 13.8. The Morgan fingerprint density at radius 1 is 1.26 bits per heavy atom. The van der Waals surface area contributed by atoms with Crippen LogP contribution in [0.5, 0.6) is 0 Å². The molecule has 6 heteroatoms. The van der Waals surface area contributed by atoms with Crippen molar-refractivity contribution in [2.24, 2.45) is 0 Å². The third kappa shape index (κ3) is 3.39. The Balaban J connectivity index is 2.35. The fourth-order valence-corrected chi connectivity index (χ4v) is 1.81. The second-order valence-electron chi connectivity index (χ2n) is 4.22. The van der Waals surface area contributed by atoms with Crippen molar-refractivity contribution in [1.29, 1.82) is 0 Å². The molecule has 0 aliphatic rings. The number of halogens is 1. The van der Waals surface area contributed by atoms with E-state index in [1.54, 1.807) is 19.4 Å². The van der Waals surface area contributed by atoms with Crippen molar-refractivity contribution in [3.05, 3.63) is 35.4 Å². The highest BCUT2D eigenvalue weighted by Crippen LogP contribution is 2.21. The molecule has 0 saturated carbocycles. The molecule has 100 valence electrons. The summed E-state index contributed by atoms with van der Waals surface area (Å²) in [7, 11) is 5.48. The summed E-state index contributed by atoms with van der Waals surface area (Å²) in [5.41, 5.74) is 1.64. The van der Waals surface area contributed by atoms with Gasteiger partial charge in [0.2, 0.25) is 0 Å². The molecule has 2 aromatic rings. The van der Waals surface area contributed by atoms with Gasteiger partial charge in [0.25, 0.3) is 0 Å². The topological polar surface area (TPSA) is 51.1 Å². The smallest absolute Gasteiger partial charge is 0.156 e. The van der Waals surface area contributed by atoms with Gasteiger partial charge in [-0.25, -0.2) is 15.0 Å². The summed E-state index contributed by atoms with van der Waals surface area (Å²) in [6.07, 6.45) is 1.77. The van der Waals surface area contributed by atoms with E-state index in [1.807, 2.05) is 31.1 Å². The number of ether oxygens (including phenoxy) is 1. The Kier molecular flexibility index (Phi) is 4.29. The zero-order valence-corrected chi connectivity index (χ0v) is 11.8. The minimum Gasteiger partial charge on any atom is -0.377 e. The van der Waals surface area contributed by atoms with Gasteiger partial charge in [-0.15, -0.1) is 0 Å². The summed E-state index contributed by atoms with van der Waals surface area (Å²) >= 11 is 5.98. The van der Waals surface area contributed by atoms with Crippen LogP contribution in [0.25, 0.3) is 11.3 Å². The van der Waals surface area contributed by atoms with Crippen molar-refractivity contribution in [2.45, 2.75) is 6.61 Å². The molecule has 0 radical (unpaired) electrons. The van der Waals surface area contributed by atoms with Crippen LogP contribution in [0.1, 0.15) is 5.82 Å². The molecule has 0 fully saturated rings. The van der Waals surface area contributed by atoms with E-state index in [0.717, 1.165) is 17.1 Å². The van der Waals surface area contributed by atoms with E-state index in [2.05, 4.69) is 15.0 Å². The third-order valence-corrected chi connectivity index (χ3v) is 2.71. The lowest BCUT2D eigenvalue weighted by molar-refractivity contribution is 0.178. The first kappa shape index (κ1) is 13.7. The molecule has 5 nitrogen and oxygen atoms in total. The largest absolute Gasteiger partial charge is 0.377 e. The van der Waals surface area contributed by atoms with Crippen LogP contribution in [0.4, 0.5) is 5.82 Å². The monoisotopic (exact) mass is 278 g/mol. The first-order valence-corrected chi connectivity index (χ1v) is 6.14. The Labute approximate surface area is 117 Å². The maximum atomic E-state index is 5.98. The number of hydrogen-bond donors (Lipinski definition) is 0. The van der Waals surface area contributed by atoms with Gasteiger partial charge in [0, 0.05) is 39.0 Å². The molecular weight excluding hydrogens is 264 g/mol. The number of methoxy groups -OCH3 is 1. The highest BCUT2D eigenvalue weighted by atomic mass is 35.5. The minimum atomic E-state index is 0.330. The predicted octanol–water partition coefficient (Wildman–Crippen LogP) is 2.40. The molecule has 2 heterocycles. The molecule has 0 N–H and O–H groups in total. The van der Waals surface area contributed by atoms with E-state index < -0.39 is 0 Å². The Bertz CT molecular complexity index is 557. The van der Waals surface area contributed by atoms with Crippen LogP contribution < -0.4 is 4.90 Å². The molecule has 2 aromatic heterocycles. The van der Waals surface area contributed by atoms with E-state index in [1.165, 1.54) is 0 Å². The highest BCUT2D eigenvalue weighted by molar-refractivity contribution is 6.29. The Hall–Kier alpha value is -1.72. The second-order valence-corrected chi connectivity index (χ2v) is 4.61. The number of hydrogen-bond acceptors (Lipinski definition) is 5. The number of pyridine rings is 1. The molecule has 0 aromatic carbocycles. The lowest BCUT2D eigenvalue weighted by atomic mass is 10.2. The molecule has 19 heavy (non-hydrogen) atoms. The molecule has 0 unspecified atom stereocenters. The van der Waals surface area contributed by atoms with Gasteiger partial charge in [0.05, 0.1) is 5.69 Å². The fourth-order valence-electron chi connectivity index (χ4n) is 1.61. The van der Waals surface area contributed by atoms with Gasteiger partial charge in [-0.1, -0.05) is 11.6 Å². The number of nitrogens with zero attached hydrogens (tertiary/aromatic N) is 4. The molecule has 0 bridgehead atoms. The van der Waals surface area contributed by atoms with E-state index in [9.17, 15) is 0 Å². The maximum Gasteiger partial charge on any atom is 0.156 e. The van der Waals surface area contributed by atoms with E-state index in [0.29, 0.717) is 17.6 Å². The number of aromatic nitrogens is 3. The van der Waals surface area contributed by atoms with Crippen LogP contribution in [-0.2, 0) is 11.3 Å². The summed E-state index contributed by atoms with van der Waals surface area (Å²) < 4.78 is 5.02. The van der Waals surface area contributed by atoms with Crippen LogP contribution in [-0.4, -0.2) is 36.2 Å². The van der Waals surface area contributed by atoms with E-state index in [-0.39, 0.29) is 0 Å². The summed E-state index contributed by atoms with van der Waals surface area (Å²) in [5, 5.41) is 0.397. The molecule has 0 aliphatic heterocycles. The molecule has 2 rings (SSSR count). The SMILES string of the molecule is COCc1nc(Cl)cc(-c2ccc(N(C)C)nc2)n1. The first-order valence-electron chi connectivity index (χ1n) is 5.76. The number of anilines is 1. The minimum absolute atomic E-state index is 0.330. The van der Waals surface area contributed by atoms with Crippen LogP contribution in [0.15, 0.2) is 24.4 Å². The lowest BCUT2D eigenvalue weighted by Gasteiger charge is -2.11. The van der Waals surface area contributed by atoms with Crippen molar-refractivity contribution in [3.63, 3.8) is 0 Å².